The number of likely N-dealkylation sites (tertiary alicyclic amines) is 1. The molecule has 0 aliphatic carbocycles. The van der Waals surface area contributed by atoms with Crippen molar-refractivity contribution in [3.8, 4) is 0 Å². The Morgan fingerprint density at radius 2 is 1.71 bits per heavy atom. The predicted octanol–water partition coefficient (Wildman–Crippen LogP) is 2.24. The SMILES string of the molecule is CCC1(CC)CCN(C[C@@H](C)N)CC1. The minimum Gasteiger partial charge on any atom is -0.327 e. The molecule has 0 radical (unpaired) electrons. The highest BCUT2D eigenvalue weighted by atomic mass is 15.1. The second-order valence-corrected chi connectivity index (χ2v) is 4.98. The predicted molar refractivity (Wildman–Crippen MR) is 62.3 cm³/mol. The molecule has 1 atom stereocenters. The van der Waals surface area contributed by atoms with Crippen molar-refractivity contribution in [2.45, 2.75) is 52.5 Å². The van der Waals surface area contributed by atoms with E-state index in [2.05, 4.69) is 25.7 Å². The Morgan fingerprint density at radius 3 is 2.07 bits per heavy atom. The lowest BCUT2D eigenvalue weighted by atomic mass is 9.74. The highest BCUT2D eigenvalue weighted by Crippen LogP contribution is 2.37. The maximum atomic E-state index is 5.81. The Hall–Kier alpha value is -0.0800. The van der Waals surface area contributed by atoms with Crippen LogP contribution in [0.3, 0.4) is 0 Å². The minimum absolute atomic E-state index is 0.325. The molecule has 0 unspecified atom stereocenters. The van der Waals surface area contributed by atoms with Crippen LogP contribution in [-0.4, -0.2) is 30.6 Å². The van der Waals surface area contributed by atoms with Gasteiger partial charge < -0.3 is 10.6 Å². The molecule has 0 aromatic heterocycles. The normalized spacial score (nSPS) is 24.9. The first-order valence-electron chi connectivity index (χ1n) is 6.10. The van der Waals surface area contributed by atoms with Gasteiger partial charge in [0.1, 0.15) is 0 Å². The number of nitrogens with zero attached hydrogens (tertiary/aromatic N) is 1. The van der Waals surface area contributed by atoms with Gasteiger partial charge in [0.25, 0.3) is 0 Å². The molecular formula is C12H26N2. The number of hydrogen-bond acceptors (Lipinski definition) is 2. The minimum atomic E-state index is 0.325. The fraction of sp³-hybridized carbons (Fsp3) is 1.00. The second kappa shape index (κ2) is 5.13. The third kappa shape index (κ3) is 2.96. The van der Waals surface area contributed by atoms with E-state index >= 15 is 0 Å². The van der Waals surface area contributed by atoms with E-state index in [1.54, 1.807) is 0 Å². The molecule has 84 valence electrons. The Bertz CT molecular complexity index is 152. The van der Waals surface area contributed by atoms with Crippen molar-refractivity contribution in [2.24, 2.45) is 11.1 Å². The fourth-order valence-corrected chi connectivity index (χ4v) is 2.57. The topological polar surface area (TPSA) is 29.3 Å². The first kappa shape index (κ1) is 12.0. The van der Waals surface area contributed by atoms with Crippen LogP contribution in [0.4, 0.5) is 0 Å². The van der Waals surface area contributed by atoms with E-state index < -0.39 is 0 Å². The van der Waals surface area contributed by atoms with Crippen LogP contribution in [0, 0.1) is 5.41 Å². The summed E-state index contributed by atoms with van der Waals surface area (Å²) >= 11 is 0. The summed E-state index contributed by atoms with van der Waals surface area (Å²) in [7, 11) is 0. The van der Waals surface area contributed by atoms with Crippen LogP contribution >= 0.6 is 0 Å². The summed E-state index contributed by atoms with van der Waals surface area (Å²) in [4.78, 5) is 2.52. The van der Waals surface area contributed by atoms with E-state index in [0.29, 0.717) is 11.5 Å². The Morgan fingerprint density at radius 1 is 1.21 bits per heavy atom. The van der Waals surface area contributed by atoms with Crippen molar-refractivity contribution in [3.05, 3.63) is 0 Å². The molecule has 14 heavy (non-hydrogen) atoms. The molecule has 2 nitrogen and oxygen atoms in total. The summed E-state index contributed by atoms with van der Waals surface area (Å²) in [6, 6.07) is 0.325. The smallest absolute Gasteiger partial charge is 0.0139 e. The number of piperidine rings is 1. The lowest BCUT2D eigenvalue weighted by Crippen LogP contribution is -2.44. The second-order valence-electron chi connectivity index (χ2n) is 4.98. The van der Waals surface area contributed by atoms with Gasteiger partial charge in [0, 0.05) is 12.6 Å². The van der Waals surface area contributed by atoms with E-state index in [4.69, 9.17) is 5.73 Å². The summed E-state index contributed by atoms with van der Waals surface area (Å²) in [5.41, 5.74) is 6.46. The quantitative estimate of drug-likeness (QED) is 0.750. The standard InChI is InChI=1S/C12H26N2/c1-4-12(5-2)6-8-14(9-7-12)10-11(3)13/h11H,4-10,13H2,1-3H3/t11-/m1/s1. The first-order valence-corrected chi connectivity index (χ1v) is 6.10. The van der Waals surface area contributed by atoms with Crippen LogP contribution in [0.2, 0.25) is 0 Å². The molecule has 0 amide bonds. The summed E-state index contributed by atoms with van der Waals surface area (Å²) in [6.07, 6.45) is 5.42. The van der Waals surface area contributed by atoms with Gasteiger partial charge in [-0.2, -0.15) is 0 Å². The van der Waals surface area contributed by atoms with Crippen molar-refractivity contribution in [1.82, 2.24) is 4.90 Å². The van der Waals surface area contributed by atoms with E-state index in [-0.39, 0.29) is 0 Å². The van der Waals surface area contributed by atoms with Gasteiger partial charge in [-0.3, -0.25) is 0 Å². The number of rotatable bonds is 4. The van der Waals surface area contributed by atoms with Gasteiger partial charge in [0.15, 0.2) is 0 Å². The van der Waals surface area contributed by atoms with Crippen LogP contribution < -0.4 is 5.73 Å². The Labute approximate surface area is 88.8 Å². The van der Waals surface area contributed by atoms with Crippen LogP contribution in [0.1, 0.15) is 46.5 Å². The van der Waals surface area contributed by atoms with Crippen molar-refractivity contribution in [2.75, 3.05) is 19.6 Å². The van der Waals surface area contributed by atoms with Gasteiger partial charge in [0.05, 0.1) is 0 Å². The molecule has 0 aromatic rings. The average molecular weight is 198 g/mol. The fourth-order valence-electron chi connectivity index (χ4n) is 2.57. The van der Waals surface area contributed by atoms with Gasteiger partial charge in [-0.1, -0.05) is 26.7 Å². The van der Waals surface area contributed by atoms with Crippen LogP contribution in [0.15, 0.2) is 0 Å². The molecule has 0 aromatic carbocycles. The molecular weight excluding hydrogens is 172 g/mol. The van der Waals surface area contributed by atoms with Gasteiger partial charge in [-0.15, -0.1) is 0 Å². The molecule has 1 aliphatic heterocycles. The molecule has 1 aliphatic rings. The van der Waals surface area contributed by atoms with Crippen LogP contribution in [-0.2, 0) is 0 Å². The zero-order valence-electron chi connectivity index (χ0n) is 10.1. The first-order chi connectivity index (χ1) is 6.62. The van der Waals surface area contributed by atoms with E-state index in [1.165, 1.54) is 38.8 Å². The van der Waals surface area contributed by atoms with Gasteiger partial charge in [-0.05, 0) is 38.3 Å². The molecule has 0 spiro atoms. The lowest BCUT2D eigenvalue weighted by molar-refractivity contribution is 0.0926. The van der Waals surface area contributed by atoms with Gasteiger partial charge in [0.2, 0.25) is 0 Å². The number of nitrogens with two attached hydrogens (primary N) is 1. The van der Waals surface area contributed by atoms with Crippen molar-refractivity contribution >= 4 is 0 Å². The summed E-state index contributed by atoms with van der Waals surface area (Å²) in [5, 5.41) is 0. The largest absolute Gasteiger partial charge is 0.327 e. The third-order valence-electron chi connectivity index (χ3n) is 3.96. The summed E-state index contributed by atoms with van der Waals surface area (Å²) in [5.74, 6) is 0. The molecule has 1 heterocycles. The molecule has 2 N–H and O–H groups in total. The maximum absolute atomic E-state index is 5.81. The lowest BCUT2D eigenvalue weighted by Gasteiger charge is -2.41. The maximum Gasteiger partial charge on any atom is 0.0139 e. The molecule has 0 bridgehead atoms. The van der Waals surface area contributed by atoms with E-state index in [1.807, 2.05) is 0 Å². The van der Waals surface area contributed by atoms with E-state index in [9.17, 15) is 0 Å². The molecule has 1 rings (SSSR count). The zero-order valence-corrected chi connectivity index (χ0v) is 10.1. The molecule has 0 saturated carbocycles. The van der Waals surface area contributed by atoms with Crippen molar-refractivity contribution in [3.63, 3.8) is 0 Å². The zero-order chi connectivity index (χ0) is 10.6. The number of hydrogen-bond donors (Lipinski definition) is 1. The van der Waals surface area contributed by atoms with Crippen LogP contribution in [0.5, 0.6) is 0 Å². The molecule has 1 fully saturated rings. The molecule has 2 heteroatoms. The van der Waals surface area contributed by atoms with Gasteiger partial charge in [-0.25, -0.2) is 0 Å². The third-order valence-corrected chi connectivity index (χ3v) is 3.96. The Balaban J connectivity index is 2.37. The van der Waals surface area contributed by atoms with Crippen molar-refractivity contribution < 1.29 is 0 Å². The Kier molecular flexibility index (Phi) is 4.39. The summed E-state index contributed by atoms with van der Waals surface area (Å²) < 4.78 is 0. The molecule has 1 saturated heterocycles. The highest BCUT2D eigenvalue weighted by Gasteiger charge is 2.30. The van der Waals surface area contributed by atoms with E-state index in [0.717, 1.165) is 6.54 Å². The monoisotopic (exact) mass is 198 g/mol. The van der Waals surface area contributed by atoms with Crippen LogP contribution in [0.25, 0.3) is 0 Å². The van der Waals surface area contributed by atoms with Gasteiger partial charge >= 0.3 is 0 Å². The summed E-state index contributed by atoms with van der Waals surface area (Å²) in [6.45, 7) is 10.4. The average Bonchev–Trinajstić information content (AvgIpc) is 2.19. The highest BCUT2D eigenvalue weighted by molar-refractivity contribution is 4.84. The van der Waals surface area contributed by atoms with Crippen molar-refractivity contribution in [1.29, 1.82) is 0 Å².